The van der Waals surface area contributed by atoms with Gasteiger partial charge in [-0.25, -0.2) is 0 Å². The molecule has 0 bridgehead atoms. The van der Waals surface area contributed by atoms with Crippen LogP contribution < -0.4 is 0 Å². The second-order valence-electron chi connectivity index (χ2n) is 8.38. The fraction of sp³-hybridized carbons (Fsp3) is 0.310. The Hall–Kier alpha value is -2.76. The first-order valence-corrected chi connectivity index (χ1v) is 11.6. The number of hydrogen-bond donors (Lipinski definition) is 1. The van der Waals surface area contributed by atoms with Gasteiger partial charge in [0.1, 0.15) is 12.2 Å². The number of hydrogen-bond acceptors (Lipinski definition) is 4. The molecule has 1 aliphatic carbocycles. The molecule has 4 nitrogen and oxygen atoms in total. The Labute approximate surface area is 196 Å². The normalized spacial score (nSPS) is 20.8. The van der Waals surface area contributed by atoms with Crippen molar-refractivity contribution < 1.29 is 19.3 Å². The number of allylic oxidation sites excluding steroid dienone is 1. The summed E-state index contributed by atoms with van der Waals surface area (Å²) in [4.78, 5) is 0. The first kappa shape index (κ1) is 23.4. The van der Waals surface area contributed by atoms with E-state index >= 15 is 0 Å². The molecule has 3 aromatic rings. The second-order valence-corrected chi connectivity index (χ2v) is 8.38. The highest BCUT2D eigenvalue weighted by molar-refractivity contribution is 5.19. The Morgan fingerprint density at radius 2 is 1.15 bits per heavy atom. The van der Waals surface area contributed by atoms with E-state index in [0.717, 1.165) is 28.7 Å². The minimum absolute atomic E-state index is 0.387. The van der Waals surface area contributed by atoms with Crippen molar-refractivity contribution in [3.63, 3.8) is 0 Å². The summed E-state index contributed by atoms with van der Waals surface area (Å²) < 4.78 is 18.7. The zero-order chi connectivity index (χ0) is 22.7. The summed E-state index contributed by atoms with van der Waals surface area (Å²) in [6, 6.07) is 30.3. The largest absolute Gasteiger partial charge is 0.390 e. The zero-order valence-electron chi connectivity index (χ0n) is 18.9. The van der Waals surface area contributed by atoms with E-state index in [1.807, 2.05) is 78.9 Å². The molecule has 0 spiro atoms. The quantitative estimate of drug-likeness (QED) is 0.422. The molecule has 1 N–H and O–H groups in total. The van der Waals surface area contributed by atoms with Crippen molar-refractivity contribution in [2.45, 2.75) is 51.0 Å². The first-order valence-electron chi connectivity index (χ1n) is 11.6. The third kappa shape index (κ3) is 7.11. The summed E-state index contributed by atoms with van der Waals surface area (Å²) in [7, 11) is 0. The van der Waals surface area contributed by atoms with Gasteiger partial charge in [-0.2, -0.15) is 0 Å². The van der Waals surface area contributed by atoms with E-state index in [4.69, 9.17) is 14.2 Å². The number of benzene rings is 3. The monoisotopic (exact) mass is 444 g/mol. The number of aliphatic hydroxyl groups excluding tert-OH is 1. The van der Waals surface area contributed by atoms with Crippen LogP contribution in [0, 0.1) is 0 Å². The Morgan fingerprint density at radius 3 is 1.73 bits per heavy atom. The van der Waals surface area contributed by atoms with E-state index in [2.05, 4.69) is 18.2 Å². The van der Waals surface area contributed by atoms with Gasteiger partial charge in [-0.3, -0.25) is 0 Å². The predicted octanol–water partition coefficient (Wildman–Crippen LogP) is 5.46. The van der Waals surface area contributed by atoms with Gasteiger partial charge >= 0.3 is 0 Å². The maximum absolute atomic E-state index is 10.9. The molecule has 0 saturated heterocycles. The van der Waals surface area contributed by atoms with Crippen LogP contribution >= 0.6 is 0 Å². The maximum Gasteiger partial charge on any atom is 0.114 e. The molecular weight excluding hydrogens is 412 g/mol. The van der Waals surface area contributed by atoms with E-state index in [1.165, 1.54) is 0 Å². The van der Waals surface area contributed by atoms with Crippen LogP contribution in [0.3, 0.4) is 0 Å². The van der Waals surface area contributed by atoms with E-state index < -0.39 is 12.2 Å². The predicted molar refractivity (Wildman–Crippen MR) is 129 cm³/mol. The number of rotatable bonds is 10. The number of ether oxygens (including phenoxy) is 3. The Bertz CT molecular complexity index is 972. The van der Waals surface area contributed by atoms with E-state index in [-0.39, 0.29) is 6.10 Å². The molecule has 0 aliphatic heterocycles. The van der Waals surface area contributed by atoms with Crippen molar-refractivity contribution >= 4 is 0 Å². The molecule has 0 amide bonds. The van der Waals surface area contributed by atoms with Crippen molar-refractivity contribution in [1.82, 2.24) is 0 Å². The van der Waals surface area contributed by atoms with E-state index in [1.54, 1.807) is 0 Å². The van der Waals surface area contributed by atoms with Crippen LogP contribution in [-0.2, 0) is 34.0 Å². The molecule has 0 saturated carbocycles. The third-order valence-electron chi connectivity index (χ3n) is 5.85. The van der Waals surface area contributed by atoms with Gasteiger partial charge in [0.15, 0.2) is 0 Å². The molecule has 0 fully saturated rings. The highest BCUT2D eigenvalue weighted by Gasteiger charge is 2.34. The summed E-state index contributed by atoms with van der Waals surface area (Å²) in [5.41, 5.74) is 4.31. The first-order chi connectivity index (χ1) is 16.3. The Balaban J connectivity index is 1.47. The van der Waals surface area contributed by atoms with Gasteiger partial charge in [0, 0.05) is 0 Å². The average Bonchev–Trinajstić information content (AvgIpc) is 3.01. The van der Waals surface area contributed by atoms with Crippen LogP contribution in [0.1, 0.15) is 29.5 Å². The molecule has 0 aromatic heterocycles. The molecule has 1 aliphatic rings. The maximum atomic E-state index is 10.9. The fourth-order valence-corrected chi connectivity index (χ4v) is 4.06. The zero-order valence-corrected chi connectivity index (χ0v) is 18.9. The van der Waals surface area contributed by atoms with Crippen molar-refractivity contribution in [1.29, 1.82) is 0 Å². The molecule has 3 atom stereocenters. The third-order valence-corrected chi connectivity index (χ3v) is 5.85. The van der Waals surface area contributed by atoms with Gasteiger partial charge in [-0.15, -0.1) is 0 Å². The van der Waals surface area contributed by atoms with Crippen LogP contribution in [0.5, 0.6) is 0 Å². The van der Waals surface area contributed by atoms with Gasteiger partial charge in [0.05, 0.1) is 32.5 Å². The standard InChI is InChI=1S/C29H32O4/c30-27-18-10-17-26(22-31-19-23-11-4-1-5-12-23)28(32-20-24-13-6-2-7-14-24)29(27)33-21-25-15-8-3-9-16-25/h1-9,11-17,27-30H,10,18-22H2/t27-,28+,29+/m0/s1. The summed E-state index contributed by atoms with van der Waals surface area (Å²) in [6.45, 7) is 1.83. The second kappa shape index (κ2) is 12.5. The molecule has 4 rings (SSSR count). The SMILES string of the molecule is O[C@H]1CCC=C(COCc2ccccc2)[C@@H](OCc2ccccc2)[C@@H]1OCc1ccccc1. The molecule has 33 heavy (non-hydrogen) atoms. The number of aliphatic hydroxyl groups is 1. The molecular formula is C29H32O4. The van der Waals surface area contributed by atoms with Gasteiger partial charge in [0.25, 0.3) is 0 Å². The van der Waals surface area contributed by atoms with Crippen LogP contribution in [0.15, 0.2) is 103 Å². The highest BCUT2D eigenvalue weighted by Crippen LogP contribution is 2.27. The molecule has 0 heterocycles. The lowest BCUT2D eigenvalue weighted by molar-refractivity contribution is -0.121. The van der Waals surface area contributed by atoms with Crippen molar-refractivity contribution in [2.75, 3.05) is 6.61 Å². The van der Waals surface area contributed by atoms with Crippen LogP contribution in [0.25, 0.3) is 0 Å². The molecule has 0 radical (unpaired) electrons. The minimum atomic E-state index is -0.614. The average molecular weight is 445 g/mol. The van der Waals surface area contributed by atoms with Gasteiger partial charge in [-0.05, 0) is 35.1 Å². The fourth-order valence-electron chi connectivity index (χ4n) is 4.06. The highest BCUT2D eigenvalue weighted by atomic mass is 16.5. The summed E-state index contributed by atoms with van der Waals surface area (Å²) >= 11 is 0. The lowest BCUT2D eigenvalue weighted by atomic mass is 10.0. The van der Waals surface area contributed by atoms with Crippen LogP contribution in [-0.4, -0.2) is 30.0 Å². The summed E-state index contributed by atoms with van der Waals surface area (Å²) in [6.07, 6.45) is 2.08. The lowest BCUT2D eigenvalue weighted by Gasteiger charge is -2.31. The molecule has 3 aromatic carbocycles. The lowest BCUT2D eigenvalue weighted by Crippen LogP contribution is -2.42. The summed E-state index contributed by atoms with van der Waals surface area (Å²) in [5.74, 6) is 0. The van der Waals surface area contributed by atoms with Gasteiger partial charge in [-0.1, -0.05) is 97.1 Å². The minimum Gasteiger partial charge on any atom is -0.390 e. The smallest absolute Gasteiger partial charge is 0.114 e. The van der Waals surface area contributed by atoms with E-state index in [0.29, 0.717) is 32.8 Å². The van der Waals surface area contributed by atoms with Crippen molar-refractivity contribution in [3.05, 3.63) is 119 Å². The molecule has 172 valence electrons. The van der Waals surface area contributed by atoms with Crippen LogP contribution in [0.4, 0.5) is 0 Å². The van der Waals surface area contributed by atoms with Crippen molar-refractivity contribution in [2.24, 2.45) is 0 Å². The summed E-state index contributed by atoms with van der Waals surface area (Å²) in [5, 5.41) is 10.9. The topological polar surface area (TPSA) is 47.9 Å². The van der Waals surface area contributed by atoms with Crippen LogP contribution in [0.2, 0.25) is 0 Å². The molecule has 4 heteroatoms. The molecule has 0 unspecified atom stereocenters. The van der Waals surface area contributed by atoms with Crippen molar-refractivity contribution in [3.8, 4) is 0 Å². The Morgan fingerprint density at radius 1 is 0.636 bits per heavy atom. The van der Waals surface area contributed by atoms with Gasteiger partial charge in [0.2, 0.25) is 0 Å². The Kier molecular flexibility index (Phi) is 8.84. The van der Waals surface area contributed by atoms with E-state index in [9.17, 15) is 5.11 Å². The van der Waals surface area contributed by atoms with Gasteiger partial charge < -0.3 is 19.3 Å².